The van der Waals surface area contributed by atoms with Crippen molar-refractivity contribution >= 4 is 46.5 Å². The van der Waals surface area contributed by atoms with Gasteiger partial charge in [-0.05, 0) is 72.9 Å². The molecule has 3 rings (SSSR count). The Labute approximate surface area is 165 Å². The molecule has 1 heterocycles. The molecule has 0 radical (unpaired) electrons. The lowest BCUT2D eigenvalue weighted by Gasteiger charge is -2.32. The van der Waals surface area contributed by atoms with E-state index in [4.69, 9.17) is 28.9 Å². The number of piperidine rings is 1. The second-order valence-corrected chi connectivity index (χ2v) is 7.57. The zero-order valence-electron chi connectivity index (χ0n) is 14.8. The highest BCUT2D eigenvalue weighted by Crippen LogP contribution is 2.28. The Morgan fingerprint density at radius 2 is 1.81 bits per heavy atom. The summed E-state index contributed by atoms with van der Waals surface area (Å²) in [6, 6.07) is 13.4. The Morgan fingerprint density at radius 3 is 2.46 bits per heavy atom. The third-order valence-electron chi connectivity index (χ3n) is 4.65. The number of rotatable bonds is 4. The van der Waals surface area contributed by atoms with Crippen molar-refractivity contribution in [1.82, 2.24) is 0 Å². The van der Waals surface area contributed by atoms with E-state index in [-0.39, 0.29) is 0 Å². The van der Waals surface area contributed by atoms with Crippen LogP contribution in [0.5, 0.6) is 0 Å². The summed E-state index contributed by atoms with van der Waals surface area (Å²) in [5.74, 6) is 1.23. The van der Waals surface area contributed by atoms with Gasteiger partial charge in [-0.15, -0.1) is 0 Å². The first-order chi connectivity index (χ1) is 12.5. The van der Waals surface area contributed by atoms with Crippen LogP contribution in [-0.4, -0.2) is 18.9 Å². The Morgan fingerprint density at radius 1 is 1.12 bits per heavy atom. The lowest BCUT2D eigenvalue weighted by Crippen LogP contribution is -2.32. The van der Waals surface area contributed by atoms with Crippen LogP contribution in [0.25, 0.3) is 6.08 Å². The third-order valence-corrected chi connectivity index (χ3v) is 5.23. The maximum Gasteiger partial charge on any atom is 0.124 e. The number of benzene rings is 2. The van der Waals surface area contributed by atoms with E-state index >= 15 is 0 Å². The molecule has 0 aromatic heterocycles. The first-order valence-electron chi connectivity index (χ1n) is 8.83. The van der Waals surface area contributed by atoms with Crippen molar-refractivity contribution in [3.05, 3.63) is 64.1 Å². The van der Waals surface area contributed by atoms with Crippen LogP contribution in [0.15, 0.2) is 53.5 Å². The molecule has 0 aliphatic carbocycles. The number of anilines is 1. The molecule has 0 saturated carbocycles. The van der Waals surface area contributed by atoms with E-state index < -0.39 is 0 Å². The van der Waals surface area contributed by atoms with Crippen LogP contribution < -0.4 is 10.6 Å². The number of hydrogen-bond donors (Lipinski definition) is 1. The highest BCUT2D eigenvalue weighted by atomic mass is 35.5. The molecule has 0 atom stereocenters. The van der Waals surface area contributed by atoms with Gasteiger partial charge in [0.2, 0.25) is 0 Å². The highest BCUT2D eigenvalue weighted by molar-refractivity contribution is 6.32. The summed E-state index contributed by atoms with van der Waals surface area (Å²) in [6.07, 6.45) is 6.12. The van der Waals surface area contributed by atoms with Crippen molar-refractivity contribution in [1.29, 1.82) is 0 Å². The molecular weight excluding hydrogens is 365 g/mol. The smallest absolute Gasteiger partial charge is 0.124 e. The topological polar surface area (TPSA) is 41.6 Å². The molecule has 0 unspecified atom stereocenters. The summed E-state index contributed by atoms with van der Waals surface area (Å²) in [7, 11) is 0. The summed E-state index contributed by atoms with van der Waals surface area (Å²) < 4.78 is 0. The largest absolute Gasteiger partial charge is 0.384 e. The van der Waals surface area contributed by atoms with Crippen LogP contribution in [-0.2, 0) is 0 Å². The molecule has 136 valence electrons. The van der Waals surface area contributed by atoms with Gasteiger partial charge in [0, 0.05) is 28.8 Å². The molecule has 2 N–H and O–H groups in total. The van der Waals surface area contributed by atoms with Gasteiger partial charge in [0.1, 0.15) is 5.84 Å². The average molecular weight is 388 g/mol. The van der Waals surface area contributed by atoms with E-state index in [0.29, 0.717) is 10.9 Å². The highest BCUT2D eigenvalue weighted by Gasteiger charge is 2.16. The number of nitrogens with zero attached hydrogens (tertiary/aromatic N) is 2. The molecular formula is C21H23Cl2N3. The van der Waals surface area contributed by atoms with Crippen LogP contribution in [0, 0.1) is 5.92 Å². The molecule has 1 fully saturated rings. The lowest BCUT2D eigenvalue weighted by atomic mass is 9.98. The molecule has 0 bridgehead atoms. The van der Waals surface area contributed by atoms with Crippen molar-refractivity contribution in [2.75, 3.05) is 18.0 Å². The first-order valence-corrected chi connectivity index (χ1v) is 9.59. The van der Waals surface area contributed by atoms with Gasteiger partial charge >= 0.3 is 0 Å². The van der Waals surface area contributed by atoms with Gasteiger partial charge in [0.25, 0.3) is 0 Å². The van der Waals surface area contributed by atoms with Gasteiger partial charge in [-0.2, -0.15) is 0 Å². The van der Waals surface area contributed by atoms with Crippen LogP contribution >= 0.6 is 23.2 Å². The van der Waals surface area contributed by atoms with Crippen LogP contribution in [0.3, 0.4) is 0 Å². The van der Waals surface area contributed by atoms with E-state index in [1.54, 1.807) is 18.2 Å². The molecule has 1 aliphatic rings. The van der Waals surface area contributed by atoms with E-state index in [9.17, 15) is 0 Å². The van der Waals surface area contributed by atoms with Gasteiger partial charge in [-0.1, -0.05) is 36.2 Å². The second-order valence-electron chi connectivity index (χ2n) is 6.72. The summed E-state index contributed by atoms with van der Waals surface area (Å²) >= 11 is 12.3. The Balaban J connectivity index is 1.69. The first kappa shape index (κ1) is 18.8. The van der Waals surface area contributed by atoms with Crippen molar-refractivity contribution < 1.29 is 0 Å². The Hall–Kier alpha value is -1.97. The minimum atomic E-state index is 0.414. The van der Waals surface area contributed by atoms with Gasteiger partial charge in [-0.3, -0.25) is 0 Å². The summed E-state index contributed by atoms with van der Waals surface area (Å²) in [6.45, 7) is 4.50. The molecule has 1 saturated heterocycles. The average Bonchev–Trinajstić information content (AvgIpc) is 2.63. The Kier molecular flexibility index (Phi) is 6.23. The summed E-state index contributed by atoms with van der Waals surface area (Å²) in [5, 5.41) is 1.39. The number of hydrogen-bond acceptors (Lipinski definition) is 2. The van der Waals surface area contributed by atoms with E-state index in [1.165, 1.54) is 18.5 Å². The van der Waals surface area contributed by atoms with Crippen molar-refractivity contribution in [2.45, 2.75) is 19.8 Å². The molecule has 26 heavy (non-hydrogen) atoms. The molecule has 2 aromatic carbocycles. The number of amidine groups is 1. The minimum absolute atomic E-state index is 0.414. The summed E-state index contributed by atoms with van der Waals surface area (Å²) in [5.41, 5.74) is 8.85. The van der Waals surface area contributed by atoms with Gasteiger partial charge in [0.15, 0.2) is 0 Å². The normalized spacial score (nSPS) is 16.4. The molecule has 5 heteroatoms. The standard InChI is InChI=1S/C21H23Cl2N3/c1-15-10-12-26(13-11-15)19-8-2-16(20(23)14-19)3-9-21(24)25-18-6-4-17(22)5-7-18/h2-9,14-15H,10-13H2,1H3,(H2,24,25). The maximum absolute atomic E-state index is 6.47. The van der Waals surface area contributed by atoms with E-state index in [0.717, 1.165) is 35.3 Å². The fraction of sp³-hybridized carbons (Fsp3) is 0.286. The predicted molar refractivity (Wildman–Crippen MR) is 114 cm³/mol. The van der Waals surface area contributed by atoms with Gasteiger partial charge < -0.3 is 10.6 Å². The zero-order valence-corrected chi connectivity index (χ0v) is 16.3. The fourth-order valence-electron chi connectivity index (χ4n) is 2.99. The molecule has 1 aliphatic heterocycles. The SMILES string of the molecule is CC1CCN(c2ccc(C=CC(N)=Nc3ccc(Cl)cc3)c(Cl)c2)CC1. The zero-order chi connectivity index (χ0) is 18.5. The summed E-state index contributed by atoms with van der Waals surface area (Å²) in [4.78, 5) is 6.74. The van der Waals surface area contributed by atoms with Gasteiger partial charge in [-0.25, -0.2) is 4.99 Å². The maximum atomic E-state index is 6.47. The van der Waals surface area contributed by atoms with Crippen molar-refractivity contribution in [3.8, 4) is 0 Å². The molecule has 3 nitrogen and oxygen atoms in total. The predicted octanol–water partition coefficient (Wildman–Crippen LogP) is 5.93. The number of aliphatic imine (C=N–C) groups is 1. The third kappa shape index (κ3) is 5.03. The second kappa shape index (κ2) is 8.61. The number of halogens is 2. The van der Waals surface area contributed by atoms with Crippen molar-refractivity contribution in [3.63, 3.8) is 0 Å². The van der Waals surface area contributed by atoms with Crippen LogP contribution in [0.2, 0.25) is 10.0 Å². The monoisotopic (exact) mass is 387 g/mol. The number of nitrogens with two attached hydrogens (primary N) is 1. The fourth-order valence-corrected chi connectivity index (χ4v) is 3.36. The van der Waals surface area contributed by atoms with Crippen molar-refractivity contribution in [2.24, 2.45) is 16.6 Å². The van der Waals surface area contributed by atoms with Crippen LogP contribution in [0.4, 0.5) is 11.4 Å². The molecule has 2 aromatic rings. The van der Waals surface area contributed by atoms with Crippen LogP contribution in [0.1, 0.15) is 25.3 Å². The quantitative estimate of drug-likeness (QED) is 0.521. The Bertz CT molecular complexity index is 805. The molecule has 0 spiro atoms. The van der Waals surface area contributed by atoms with E-state index in [2.05, 4.69) is 22.9 Å². The molecule has 0 amide bonds. The van der Waals surface area contributed by atoms with Gasteiger partial charge in [0.05, 0.1) is 5.69 Å². The minimum Gasteiger partial charge on any atom is -0.384 e. The van der Waals surface area contributed by atoms with E-state index in [1.807, 2.05) is 30.3 Å². The lowest BCUT2D eigenvalue weighted by molar-refractivity contribution is 0.438.